The van der Waals surface area contributed by atoms with Crippen LogP contribution < -0.4 is 15.5 Å². The number of carbonyl (C=O) groups is 1. The Morgan fingerprint density at radius 3 is 2.96 bits per heavy atom. The zero-order chi connectivity index (χ0) is 18.6. The predicted octanol–water partition coefficient (Wildman–Crippen LogP) is 3.70. The lowest BCUT2D eigenvalue weighted by Gasteiger charge is -2.22. The fraction of sp³-hybridized carbons (Fsp3) is 0.200. The molecule has 2 N–H and O–H groups in total. The van der Waals surface area contributed by atoms with E-state index in [2.05, 4.69) is 20.6 Å². The summed E-state index contributed by atoms with van der Waals surface area (Å²) in [7, 11) is 0. The summed E-state index contributed by atoms with van der Waals surface area (Å²) in [6.07, 6.45) is 5.90. The maximum atomic E-state index is 12.9. The number of urea groups is 1. The number of nitrogens with one attached hydrogen (secondary N) is 2. The van der Waals surface area contributed by atoms with Gasteiger partial charge in [0.1, 0.15) is 0 Å². The lowest BCUT2D eigenvalue weighted by atomic mass is 10.1. The number of fused-ring (bicyclic) bond motifs is 1. The lowest BCUT2D eigenvalue weighted by molar-refractivity contribution is 0.257. The molecule has 0 bridgehead atoms. The standard InChI is InChI=1S/C20H20N6O/c1-14-12-15(7-10-22-14)17-5-6-18-19(25-17)26(11-3-9-23-18)20(27)24-16-4-2-8-21-13-16/h2,4-8,10,12-13,23H,3,9,11H2,1H3,(H,24,27). The molecule has 1 aliphatic heterocycles. The molecule has 4 heterocycles. The van der Waals surface area contributed by atoms with Gasteiger partial charge in [-0.1, -0.05) is 0 Å². The molecule has 0 aromatic carbocycles. The first-order valence-corrected chi connectivity index (χ1v) is 8.87. The quantitative estimate of drug-likeness (QED) is 0.728. The molecule has 27 heavy (non-hydrogen) atoms. The average molecular weight is 360 g/mol. The highest BCUT2D eigenvalue weighted by Gasteiger charge is 2.23. The van der Waals surface area contributed by atoms with Crippen molar-refractivity contribution in [3.63, 3.8) is 0 Å². The van der Waals surface area contributed by atoms with E-state index in [9.17, 15) is 4.79 Å². The second-order valence-corrected chi connectivity index (χ2v) is 6.36. The summed E-state index contributed by atoms with van der Waals surface area (Å²) in [6, 6.07) is 11.2. The van der Waals surface area contributed by atoms with Crippen LogP contribution in [-0.4, -0.2) is 34.1 Å². The van der Waals surface area contributed by atoms with Crippen molar-refractivity contribution in [1.29, 1.82) is 0 Å². The minimum Gasteiger partial charge on any atom is -0.382 e. The van der Waals surface area contributed by atoms with Crippen LogP contribution in [0, 0.1) is 6.92 Å². The number of hydrogen-bond donors (Lipinski definition) is 2. The van der Waals surface area contributed by atoms with Crippen molar-refractivity contribution in [3.8, 4) is 11.3 Å². The van der Waals surface area contributed by atoms with Gasteiger partial charge < -0.3 is 10.6 Å². The van der Waals surface area contributed by atoms with Crippen molar-refractivity contribution in [2.24, 2.45) is 0 Å². The molecule has 7 nitrogen and oxygen atoms in total. The topological polar surface area (TPSA) is 83.0 Å². The molecule has 0 aliphatic carbocycles. The van der Waals surface area contributed by atoms with Gasteiger partial charge in [0.15, 0.2) is 5.82 Å². The van der Waals surface area contributed by atoms with Gasteiger partial charge in [0.25, 0.3) is 0 Å². The van der Waals surface area contributed by atoms with E-state index in [-0.39, 0.29) is 6.03 Å². The van der Waals surface area contributed by atoms with Gasteiger partial charge in [-0.05, 0) is 49.7 Å². The van der Waals surface area contributed by atoms with Gasteiger partial charge in [0, 0.05) is 36.7 Å². The van der Waals surface area contributed by atoms with E-state index in [1.807, 2.05) is 37.3 Å². The van der Waals surface area contributed by atoms with Crippen LogP contribution in [0.5, 0.6) is 0 Å². The second kappa shape index (κ2) is 7.41. The highest BCUT2D eigenvalue weighted by atomic mass is 16.2. The number of aryl methyl sites for hydroxylation is 1. The summed E-state index contributed by atoms with van der Waals surface area (Å²) >= 11 is 0. The molecule has 0 saturated carbocycles. The summed E-state index contributed by atoms with van der Waals surface area (Å²) in [5, 5.41) is 6.25. The number of rotatable bonds is 2. The van der Waals surface area contributed by atoms with E-state index < -0.39 is 0 Å². The largest absolute Gasteiger partial charge is 0.382 e. The van der Waals surface area contributed by atoms with E-state index in [4.69, 9.17) is 4.98 Å². The molecule has 2 amide bonds. The molecule has 7 heteroatoms. The summed E-state index contributed by atoms with van der Waals surface area (Å²) in [4.78, 5) is 27.6. The summed E-state index contributed by atoms with van der Waals surface area (Å²) < 4.78 is 0. The summed E-state index contributed by atoms with van der Waals surface area (Å²) in [5.41, 5.74) is 4.21. The number of anilines is 3. The Bertz CT molecular complexity index is 960. The molecule has 1 aliphatic rings. The van der Waals surface area contributed by atoms with Crippen LogP contribution in [0.4, 0.5) is 22.0 Å². The van der Waals surface area contributed by atoms with E-state index in [0.29, 0.717) is 18.1 Å². The monoisotopic (exact) mass is 360 g/mol. The third-order valence-corrected chi connectivity index (χ3v) is 4.36. The van der Waals surface area contributed by atoms with Crippen molar-refractivity contribution < 1.29 is 4.79 Å². The van der Waals surface area contributed by atoms with E-state index in [1.54, 1.807) is 29.6 Å². The van der Waals surface area contributed by atoms with Gasteiger partial charge in [0.2, 0.25) is 0 Å². The Balaban J connectivity index is 1.69. The van der Waals surface area contributed by atoms with Crippen LogP contribution in [0.3, 0.4) is 0 Å². The predicted molar refractivity (Wildman–Crippen MR) is 106 cm³/mol. The van der Waals surface area contributed by atoms with E-state index in [0.717, 1.165) is 35.6 Å². The highest BCUT2D eigenvalue weighted by Crippen LogP contribution is 2.30. The van der Waals surface area contributed by atoms with Gasteiger partial charge in [-0.2, -0.15) is 0 Å². The van der Waals surface area contributed by atoms with Crippen LogP contribution in [0.2, 0.25) is 0 Å². The zero-order valence-corrected chi connectivity index (χ0v) is 15.0. The number of aromatic nitrogens is 3. The summed E-state index contributed by atoms with van der Waals surface area (Å²) in [6.45, 7) is 3.32. The number of hydrogen-bond acceptors (Lipinski definition) is 5. The number of carbonyl (C=O) groups excluding carboxylic acids is 1. The first-order chi connectivity index (χ1) is 13.2. The third-order valence-electron chi connectivity index (χ3n) is 4.36. The Labute approximate surface area is 157 Å². The van der Waals surface area contributed by atoms with Gasteiger partial charge >= 0.3 is 6.03 Å². The first-order valence-electron chi connectivity index (χ1n) is 8.87. The van der Waals surface area contributed by atoms with Crippen molar-refractivity contribution in [1.82, 2.24) is 15.0 Å². The summed E-state index contributed by atoms with van der Waals surface area (Å²) in [5.74, 6) is 0.626. The van der Waals surface area contributed by atoms with Gasteiger partial charge in [0.05, 0.1) is 23.3 Å². The molecular formula is C20H20N6O. The first kappa shape index (κ1) is 17.0. The number of pyridine rings is 3. The van der Waals surface area contributed by atoms with Crippen molar-refractivity contribution >= 4 is 23.2 Å². The number of nitrogens with zero attached hydrogens (tertiary/aromatic N) is 4. The Morgan fingerprint density at radius 1 is 1.22 bits per heavy atom. The third kappa shape index (κ3) is 3.72. The fourth-order valence-electron chi connectivity index (χ4n) is 3.05. The maximum Gasteiger partial charge on any atom is 0.327 e. The minimum absolute atomic E-state index is 0.219. The van der Waals surface area contributed by atoms with E-state index in [1.165, 1.54) is 0 Å². The van der Waals surface area contributed by atoms with Crippen LogP contribution in [0.25, 0.3) is 11.3 Å². The average Bonchev–Trinajstić information content (AvgIpc) is 2.90. The Hall–Kier alpha value is -3.48. The molecule has 0 unspecified atom stereocenters. The van der Waals surface area contributed by atoms with Crippen molar-refractivity contribution in [2.45, 2.75) is 13.3 Å². The molecule has 0 fully saturated rings. The Kier molecular flexibility index (Phi) is 4.65. The molecular weight excluding hydrogens is 340 g/mol. The molecule has 0 saturated heterocycles. The molecule has 136 valence electrons. The van der Waals surface area contributed by atoms with Gasteiger partial charge in [-0.15, -0.1) is 0 Å². The van der Waals surface area contributed by atoms with Gasteiger partial charge in [-0.25, -0.2) is 9.78 Å². The SMILES string of the molecule is Cc1cc(-c2ccc3c(n2)N(C(=O)Nc2cccnc2)CCCN3)ccn1. The highest BCUT2D eigenvalue weighted by molar-refractivity contribution is 6.03. The molecule has 4 rings (SSSR count). The van der Waals surface area contributed by atoms with Crippen LogP contribution in [-0.2, 0) is 0 Å². The number of amides is 2. The van der Waals surface area contributed by atoms with Crippen LogP contribution >= 0.6 is 0 Å². The van der Waals surface area contributed by atoms with Crippen molar-refractivity contribution in [3.05, 3.63) is 60.7 Å². The lowest BCUT2D eigenvalue weighted by Crippen LogP contribution is -2.36. The van der Waals surface area contributed by atoms with Gasteiger partial charge in [-0.3, -0.25) is 14.9 Å². The van der Waals surface area contributed by atoms with Crippen molar-refractivity contribution in [2.75, 3.05) is 28.6 Å². The van der Waals surface area contributed by atoms with Crippen LogP contribution in [0.15, 0.2) is 55.0 Å². The second-order valence-electron chi connectivity index (χ2n) is 6.36. The molecule has 0 atom stereocenters. The molecule has 0 spiro atoms. The molecule has 0 radical (unpaired) electrons. The maximum absolute atomic E-state index is 12.9. The molecule has 3 aromatic rings. The van der Waals surface area contributed by atoms with E-state index >= 15 is 0 Å². The minimum atomic E-state index is -0.219. The normalized spacial score (nSPS) is 13.3. The smallest absolute Gasteiger partial charge is 0.327 e. The zero-order valence-electron chi connectivity index (χ0n) is 15.0. The Morgan fingerprint density at radius 2 is 2.15 bits per heavy atom. The molecule has 3 aromatic heterocycles. The van der Waals surface area contributed by atoms with Crippen LogP contribution in [0.1, 0.15) is 12.1 Å². The fourth-order valence-corrected chi connectivity index (χ4v) is 3.05.